The zero-order valence-electron chi connectivity index (χ0n) is 12.6. The maximum atomic E-state index is 12.7. The molecule has 2 N–H and O–H groups in total. The third-order valence-corrected chi connectivity index (χ3v) is 4.22. The second-order valence-corrected chi connectivity index (χ2v) is 6.11. The second-order valence-electron chi connectivity index (χ2n) is 5.12. The molecule has 1 aromatic heterocycles. The number of halogens is 3. The molecule has 0 saturated heterocycles. The fourth-order valence-electron chi connectivity index (χ4n) is 2.13. The molecule has 0 amide bonds. The monoisotopic (exact) mass is 383 g/mol. The number of alkyl halides is 3. The fraction of sp³-hybridized carbons (Fsp3) is 0.0625. The number of benzene rings is 2. The quantitative estimate of drug-likeness (QED) is 0.688. The Morgan fingerprint density at radius 1 is 1.00 bits per heavy atom. The van der Waals surface area contributed by atoms with Crippen LogP contribution in [-0.4, -0.2) is 27.1 Å². The van der Waals surface area contributed by atoms with Gasteiger partial charge in [0.25, 0.3) is 5.19 Å². The molecule has 0 atom stereocenters. The molecule has 0 spiro atoms. The van der Waals surface area contributed by atoms with E-state index in [0.29, 0.717) is 4.70 Å². The van der Waals surface area contributed by atoms with Crippen molar-refractivity contribution in [2.24, 2.45) is 0 Å². The smallest absolute Gasteiger partial charge is 0.416 e. The van der Waals surface area contributed by atoms with Crippen LogP contribution in [0.3, 0.4) is 0 Å². The van der Waals surface area contributed by atoms with Gasteiger partial charge >= 0.3 is 18.1 Å². The van der Waals surface area contributed by atoms with Crippen LogP contribution >= 0.6 is 11.3 Å². The summed E-state index contributed by atoms with van der Waals surface area (Å²) >= 11 is 0.944. The molecule has 0 radical (unpaired) electrons. The molecule has 0 unspecified atom stereocenters. The van der Waals surface area contributed by atoms with E-state index in [1.165, 1.54) is 6.07 Å². The number of ether oxygens (including phenoxy) is 1. The summed E-state index contributed by atoms with van der Waals surface area (Å²) in [6.45, 7) is 0. The summed E-state index contributed by atoms with van der Waals surface area (Å²) in [5.74, 6) is -2.80. The summed E-state index contributed by atoms with van der Waals surface area (Å²) in [7, 11) is 0. The van der Waals surface area contributed by atoms with Crippen LogP contribution in [0.2, 0.25) is 0 Å². The lowest BCUT2D eigenvalue weighted by Gasteiger charge is -2.05. The predicted octanol–water partition coefficient (Wildman–Crippen LogP) is 4.50. The van der Waals surface area contributed by atoms with Crippen LogP contribution in [0.1, 0.15) is 26.3 Å². The second kappa shape index (κ2) is 6.30. The predicted molar refractivity (Wildman–Crippen MR) is 85.1 cm³/mol. The van der Waals surface area contributed by atoms with E-state index in [1.54, 1.807) is 0 Å². The summed E-state index contributed by atoms with van der Waals surface area (Å²) < 4.78 is 44.0. The molecule has 26 heavy (non-hydrogen) atoms. The van der Waals surface area contributed by atoms with Crippen molar-refractivity contribution in [2.75, 3.05) is 0 Å². The third-order valence-electron chi connectivity index (χ3n) is 3.30. The van der Waals surface area contributed by atoms with Crippen molar-refractivity contribution in [3.63, 3.8) is 0 Å². The first-order valence-corrected chi connectivity index (χ1v) is 7.72. The number of nitrogens with zero attached hydrogens (tertiary/aromatic N) is 1. The van der Waals surface area contributed by atoms with Crippen molar-refractivity contribution < 1.29 is 37.7 Å². The van der Waals surface area contributed by atoms with E-state index in [9.17, 15) is 22.8 Å². The van der Waals surface area contributed by atoms with E-state index >= 15 is 0 Å². The van der Waals surface area contributed by atoms with E-state index in [0.717, 1.165) is 41.7 Å². The molecular formula is C16H8F3NO5S. The largest absolute Gasteiger partial charge is 0.478 e. The highest BCUT2D eigenvalue weighted by Gasteiger charge is 2.30. The number of fused-ring (bicyclic) bond motifs is 1. The number of carboxylic acids is 2. The van der Waals surface area contributed by atoms with Gasteiger partial charge in [-0.3, -0.25) is 0 Å². The highest BCUT2D eigenvalue weighted by atomic mass is 32.1. The lowest BCUT2D eigenvalue weighted by molar-refractivity contribution is -0.137. The average molecular weight is 383 g/mol. The van der Waals surface area contributed by atoms with Gasteiger partial charge in [-0.1, -0.05) is 11.3 Å². The highest BCUT2D eigenvalue weighted by molar-refractivity contribution is 7.20. The number of hydrogen-bond acceptors (Lipinski definition) is 5. The van der Waals surface area contributed by atoms with E-state index in [4.69, 9.17) is 14.9 Å². The Kier molecular flexibility index (Phi) is 4.28. The molecule has 0 aliphatic rings. The molecule has 1 heterocycles. The number of aromatic nitrogens is 1. The van der Waals surface area contributed by atoms with Crippen LogP contribution in [-0.2, 0) is 6.18 Å². The number of carbonyl (C=O) groups is 2. The molecule has 0 aliphatic carbocycles. The lowest BCUT2D eigenvalue weighted by Crippen LogP contribution is -2.04. The molecule has 0 bridgehead atoms. The number of rotatable bonds is 4. The zero-order chi connectivity index (χ0) is 19.1. The standard InChI is InChI=1S/C16H8F3NO5S/c17-16(18,19)9-1-2-12-11(6-9)20-15(26-12)25-10-4-7(13(21)22)3-8(5-10)14(23)24/h1-6H,(H,21,22)(H,23,24). The van der Waals surface area contributed by atoms with E-state index in [1.807, 2.05) is 0 Å². The molecule has 6 nitrogen and oxygen atoms in total. The molecule has 134 valence electrons. The summed E-state index contributed by atoms with van der Waals surface area (Å²) in [5.41, 5.74) is -1.41. The highest BCUT2D eigenvalue weighted by Crippen LogP contribution is 2.36. The molecule has 3 rings (SSSR count). The Morgan fingerprint density at radius 2 is 1.62 bits per heavy atom. The Morgan fingerprint density at radius 3 is 2.15 bits per heavy atom. The van der Waals surface area contributed by atoms with Crippen LogP contribution in [0.25, 0.3) is 10.2 Å². The zero-order valence-corrected chi connectivity index (χ0v) is 13.4. The molecule has 0 aliphatic heterocycles. The van der Waals surface area contributed by atoms with E-state index in [2.05, 4.69) is 4.98 Å². The first kappa shape index (κ1) is 17.7. The van der Waals surface area contributed by atoms with Gasteiger partial charge in [0.2, 0.25) is 0 Å². The van der Waals surface area contributed by atoms with Gasteiger partial charge in [0.15, 0.2) is 0 Å². The summed E-state index contributed by atoms with van der Waals surface area (Å²) in [5, 5.41) is 18.0. The van der Waals surface area contributed by atoms with E-state index < -0.39 is 23.7 Å². The Bertz CT molecular complexity index is 996. The number of hydrogen-bond donors (Lipinski definition) is 2. The van der Waals surface area contributed by atoms with Crippen LogP contribution in [0.5, 0.6) is 10.9 Å². The van der Waals surface area contributed by atoms with Crippen molar-refractivity contribution in [3.8, 4) is 10.9 Å². The van der Waals surface area contributed by atoms with Gasteiger partial charge in [-0.25, -0.2) is 14.6 Å². The molecule has 3 aromatic rings. The normalized spacial score (nSPS) is 11.5. The summed E-state index contributed by atoms with van der Waals surface area (Å²) in [4.78, 5) is 26.1. The minimum Gasteiger partial charge on any atom is -0.478 e. The summed E-state index contributed by atoms with van der Waals surface area (Å²) in [6.07, 6.45) is -4.51. The van der Waals surface area contributed by atoms with Crippen LogP contribution in [0, 0.1) is 0 Å². The molecular weight excluding hydrogens is 375 g/mol. The van der Waals surface area contributed by atoms with Crippen molar-refractivity contribution in [3.05, 3.63) is 53.1 Å². The topological polar surface area (TPSA) is 96.7 Å². The Hall–Kier alpha value is -3.14. The fourth-order valence-corrected chi connectivity index (χ4v) is 2.95. The first-order chi connectivity index (χ1) is 12.1. The van der Waals surface area contributed by atoms with Crippen molar-refractivity contribution in [2.45, 2.75) is 6.18 Å². The van der Waals surface area contributed by atoms with E-state index in [-0.39, 0.29) is 27.6 Å². The number of aromatic carboxylic acids is 2. The van der Waals surface area contributed by atoms with Crippen LogP contribution in [0.15, 0.2) is 36.4 Å². The maximum Gasteiger partial charge on any atom is 0.416 e. The minimum absolute atomic E-state index is 0.0433. The lowest BCUT2D eigenvalue weighted by atomic mass is 10.1. The molecule has 0 fully saturated rings. The first-order valence-electron chi connectivity index (χ1n) is 6.91. The minimum atomic E-state index is -4.51. The number of carboxylic acid groups (broad SMARTS) is 2. The van der Waals surface area contributed by atoms with Crippen molar-refractivity contribution in [1.82, 2.24) is 4.98 Å². The number of thiazole rings is 1. The SMILES string of the molecule is O=C(O)c1cc(Oc2nc3cc(C(F)(F)F)ccc3s2)cc(C(=O)O)c1. The van der Waals surface area contributed by atoms with Gasteiger partial charge in [-0.15, -0.1) is 0 Å². The van der Waals surface area contributed by atoms with Crippen LogP contribution in [0.4, 0.5) is 13.2 Å². The Labute approximate surface area is 147 Å². The van der Waals surface area contributed by atoms with Gasteiger partial charge in [0, 0.05) is 0 Å². The van der Waals surface area contributed by atoms with Gasteiger partial charge < -0.3 is 14.9 Å². The van der Waals surface area contributed by atoms with Crippen molar-refractivity contribution in [1.29, 1.82) is 0 Å². The van der Waals surface area contributed by atoms with Crippen LogP contribution < -0.4 is 4.74 Å². The van der Waals surface area contributed by atoms with Gasteiger partial charge in [-0.05, 0) is 36.4 Å². The summed E-state index contributed by atoms with van der Waals surface area (Å²) in [6, 6.07) is 6.20. The molecule has 0 saturated carbocycles. The average Bonchev–Trinajstić information content (AvgIpc) is 2.94. The molecule has 10 heteroatoms. The maximum absolute atomic E-state index is 12.7. The Balaban J connectivity index is 1.98. The van der Waals surface area contributed by atoms with Gasteiger partial charge in [0.05, 0.1) is 26.9 Å². The molecule has 2 aromatic carbocycles. The third kappa shape index (κ3) is 3.59. The van der Waals surface area contributed by atoms with Gasteiger partial charge in [-0.2, -0.15) is 13.2 Å². The van der Waals surface area contributed by atoms with Gasteiger partial charge in [0.1, 0.15) is 5.75 Å². The van der Waals surface area contributed by atoms with Crippen molar-refractivity contribution >= 4 is 33.5 Å².